The fourth-order valence-electron chi connectivity index (χ4n) is 3.08. The van der Waals surface area contributed by atoms with Gasteiger partial charge < -0.3 is 0 Å². The van der Waals surface area contributed by atoms with E-state index < -0.39 is 0 Å². The van der Waals surface area contributed by atoms with Crippen LogP contribution in [-0.4, -0.2) is 11.4 Å². The van der Waals surface area contributed by atoms with Crippen LogP contribution < -0.4 is 0 Å². The number of hydrogen-bond donors (Lipinski definition) is 1. The fraction of sp³-hybridized carbons (Fsp3) is 1.00. The van der Waals surface area contributed by atoms with Crippen molar-refractivity contribution in [1.82, 2.24) is 0 Å². The summed E-state index contributed by atoms with van der Waals surface area (Å²) in [4.78, 5) is 4.73. The highest BCUT2D eigenvalue weighted by atomic mass is 17.1. The second-order valence-corrected chi connectivity index (χ2v) is 6.12. The van der Waals surface area contributed by atoms with Gasteiger partial charge in [0.25, 0.3) is 0 Å². The van der Waals surface area contributed by atoms with Crippen molar-refractivity contribution in [2.24, 2.45) is 17.3 Å². The van der Waals surface area contributed by atoms with Gasteiger partial charge in [0.15, 0.2) is 0 Å². The Morgan fingerprint density at radius 1 is 1.31 bits per heavy atom. The van der Waals surface area contributed by atoms with Crippen LogP contribution in [-0.2, 0) is 4.89 Å². The second kappa shape index (κ2) is 6.02. The highest BCUT2D eigenvalue weighted by Gasteiger charge is 2.39. The molecule has 16 heavy (non-hydrogen) atoms. The summed E-state index contributed by atoms with van der Waals surface area (Å²) < 4.78 is 0. The topological polar surface area (TPSA) is 29.5 Å². The SMILES string of the molecule is CCCC(OO)C1(C)CCC(C(C)C)CC1. The van der Waals surface area contributed by atoms with E-state index in [-0.39, 0.29) is 11.5 Å². The molecule has 0 aromatic heterocycles. The zero-order valence-electron chi connectivity index (χ0n) is 11.3. The first-order valence-corrected chi connectivity index (χ1v) is 6.83. The first kappa shape index (κ1) is 14.0. The van der Waals surface area contributed by atoms with Gasteiger partial charge in [0.05, 0.1) is 6.10 Å². The Labute approximate surface area is 100 Å². The predicted octanol–water partition coefficient (Wildman–Crippen LogP) is 4.50. The lowest BCUT2D eigenvalue weighted by molar-refractivity contribution is -0.307. The highest BCUT2D eigenvalue weighted by Crippen LogP contribution is 2.45. The van der Waals surface area contributed by atoms with E-state index in [1.165, 1.54) is 25.7 Å². The molecule has 2 heteroatoms. The van der Waals surface area contributed by atoms with Crippen molar-refractivity contribution in [2.75, 3.05) is 0 Å². The molecule has 1 aliphatic rings. The highest BCUT2D eigenvalue weighted by molar-refractivity contribution is 4.88. The Hall–Kier alpha value is -0.0800. The first-order chi connectivity index (χ1) is 7.53. The monoisotopic (exact) mass is 228 g/mol. The molecule has 0 aromatic rings. The predicted molar refractivity (Wildman–Crippen MR) is 67.3 cm³/mol. The van der Waals surface area contributed by atoms with Crippen molar-refractivity contribution in [3.8, 4) is 0 Å². The molecule has 0 bridgehead atoms. The third-order valence-electron chi connectivity index (χ3n) is 4.57. The minimum atomic E-state index is 0.0330. The first-order valence-electron chi connectivity index (χ1n) is 6.83. The van der Waals surface area contributed by atoms with Crippen molar-refractivity contribution in [1.29, 1.82) is 0 Å². The molecule has 0 amide bonds. The summed E-state index contributed by atoms with van der Waals surface area (Å²) >= 11 is 0. The molecular formula is C14H28O2. The van der Waals surface area contributed by atoms with Gasteiger partial charge in [-0.3, -0.25) is 5.26 Å². The van der Waals surface area contributed by atoms with Gasteiger partial charge >= 0.3 is 0 Å². The molecule has 1 N–H and O–H groups in total. The van der Waals surface area contributed by atoms with Crippen molar-refractivity contribution >= 4 is 0 Å². The maximum absolute atomic E-state index is 9.05. The van der Waals surface area contributed by atoms with E-state index in [1.54, 1.807) is 0 Å². The van der Waals surface area contributed by atoms with Gasteiger partial charge in [-0.15, -0.1) is 0 Å². The molecule has 1 unspecified atom stereocenters. The van der Waals surface area contributed by atoms with Crippen LogP contribution in [0.15, 0.2) is 0 Å². The molecule has 1 saturated carbocycles. The Bertz CT molecular complexity index is 193. The van der Waals surface area contributed by atoms with E-state index in [0.717, 1.165) is 24.7 Å². The zero-order chi connectivity index (χ0) is 12.2. The van der Waals surface area contributed by atoms with Crippen LogP contribution in [0.4, 0.5) is 0 Å². The van der Waals surface area contributed by atoms with Crippen LogP contribution in [0.25, 0.3) is 0 Å². The smallest absolute Gasteiger partial charge is 0.0980 e. The minimum Gasteiger partial charge on any atom is -0.252 e. The van der Waals surface area contributed by atoms with Gasteiger partial charge in [0.2, 0.25) is 0 Å². The maximum Gasteiger partial charge on any atom is 0.0980 e. The molecule has 1 aliphatic carbocycles. The van der Waals surface area contributed by atoms with E-state index in [0.29, 0.717) is 0 Å². The van der Waals surface area contributed by atoms with Crippen LogP contribution in [0.2, 0.25) is 0 Å². The maximum atomic E-state index is 9.05. The van der Waals surface area contributed by atoms with Gasteiger partial charge in [-0.1, -0.05) is 34.1 Å². The molecule has 0 radical (unpaired) electrons. The Kier molecular flexibility index (Phi) is 5.26. The van der Waals surface area contributed by atoms with Crippen molar-refractivity contribution < 1.29 is 10.1 Å². The van der Waals surface area contributed by atoms with Crippen molar-refractivity contribution in [3.63, 3.8) is 0 Å². The number of hydrogen-bond acceptors (Lipinski definition) is 2. The second-order valence-electron chi connectivity index (χ2n) is 6.12. The summed E-state index contributed by atoms with van der Waals surface area (Å²) in [7, 11) is 0. The van der Waals surface area contributed by atoms with Crippen molar-refractivity contribution in [2.45, 2.75) is 72.3 Å². The van der Waals surface area contributed by atoms with Crippen LogP contribution >= 0.6 is 0 Å². The van der Waals surface area contributed by atoms with E-state index in [1.807, 2.05) is 0 Å². The Morgan fingerprint density at radius 3 is 2.25 bits per heavy atom. The summed E-state index contributed by atoms with van der Waals surface area (Å²) in [6.07, 6.45) is 7.05. The van der Waals surface area contributed by atoms with Gasteiger partial charge in [-0.2, -0.15) is 0 Å². The third kappa shape index (κ3) is 3.21. The zero-order valence-corrected chi connectivity index (χ0v) is 11.3. The third-order valence-corrected chi connectivity index (χ3v) is 4.57. The van der Waals surface area contributed by atoms with Gasteiger partial charge in [0, 0.05) is 0 Å². The summed E-state index contributed by atoms with van der Waals surface area (Å²) in [6, 6.07) is 0. The van der Waals surface area contributed by atoms with Crippen molar-refractivity contribution in [3.05, 3.63) is 0 Å². The van der Waals surface area contributed by atoms with E-state index >= 15 is 0 Å². The molecule has 0 saturated heterocycles. The lowest BCUT2D eigenvalue weighted by Crippen LogP contribution is -2.38. The van der Waals surface area contributed by atoms with E-state index in [9.17, 15) is 0 Å². The minimum absolute atomic E-state index is 0.0330. The lowest BCUT2D eigenvalue weighted by atomic mass is 9.66. The largest absolute Gasteiger partial charge is 0.252 e. The summed E-state index contributed by atoms with van der Waals surface area (Å²) in [6.45, 7) is 9.06. The molecule has 1 fully saturated rings. The Balaban J connectivity index is 2.53. The fourth-order valence-corrected chi connectivity index (χ4v) is 3.08. The molecule has 0 aliphatic heterocycles. The molecule has 0 spiro atoms. The van der Waals surface area contributed by atoms with Gasteiger partial charge in [0.1, 0.15) is 0 Å². The average Bonchev–Trinajstić information content (AvgIpc) is 2.26. The quantitative estimate of drug-likeness (QED) is 0.554. The summed E-state index contributed by atoms with van der Waals surface area (Å²) in [5.41, 5.74) is 0.191. The van der Waals surface area contributed by atoms with Crippen LogP contribution in [0.3, 0.4) is 0 Å². The van der Waals surface area contributed by atoms with Crippen LogP contribution in [0.5, 0.6) is 0 Å². The lowest BCUT2D eigenvalue weighted by Gasteiger charge is -2.42. The van der Waals surface area contributed by atoms with Gasteiger partial charge in [-0.05, 0) is 49.4 Å². The van der Waals surface area contributed by atoms with E-state index in [2.05, 4.69) is 27.7 Å². The molecule has 1 atom stereocenters. The summed E-state index contributed by atoms with van der Waals surface area (Å²) in [5.74, 6) is 1.67. The standard InChI is InChI=1S/C14H28O2/c1-5-6-13(16-15)14(4)9-7-12(8-10-14)11(2)3/h11-13,15H,5-10H2,1-4H3. The molecule has 1 rings (SSSR count). The average molecular weight is 228 g/mol. The van der Waals surface area contributed by atoms with E-state index in [4.69, 9.17) is 10.1 Å². The molecule has 0 aromatic carbocycles. The molecule has 2 nitrogen and oxygen atoms in total. The summed E-state index contributed by atoms with van der Waals surface area (Å²) in [5, 5.41) is 9.05. The molecular weight excluding hydrogens is 200 g/mol. The van der Waals surface area contributed by atoms with Crippen LogP contribution in [0, 0.1) is 17.3 Å². The normalized spacial score (nSPS) is 33.0. The molecule has 0 heterocycles. The molecule has 96 valence electrons. The van der Waals surface area contributed by atoms with Gasteiger partial charge in [-0.25, -0.2) is 4.89 Å². The number of rotatable bonds is 5. The van der Waals surface area contributed by atoms with Crippen LogP contribution in [0.1, 0.15) is 66.2 Å². The Morgan fingerprint density at radius 2 is 1.88 bits per heavy atom.